The number of halogens is 1. The predicted molar refractivity (Wildman–Crippen MR) is 120 cm³/mol. The van der Waals surface area contributed by atoms with E-state index in [1.165, 1.54) is 0 Å². The number of amides is 1. The van der Waals surface area contributed by atoms with Crippen molar-refractivity contribution in [3.8, 4) is 0 Å². The molecule has 2 heterocycles. The molecule has 1 aromatic heterocycles. The normalized spacial score (nSPS) is 15.7. The molecule has 2 aromatic carbocycles. The first-order valence-corrected chi connectivity index (χ1v) is 10.4. The monoisotopic (exact) mass is 426 g/mol. The van der Waals surface area contributed by atoms with Crippen LogP contribution in [0.15, 0.2) is 42.6 Å². The average molecular weight is 427 g/mol. The molecule has 158 valence electrons. The zero-order chi connectivity index (χ0) is 21.7. The number of anilines is 1. The van der Waals surface area contributed by atoms with Gasteiger partial charge < -0.3 is 15.0 Å². The second-order valence-electron chi connectivity index (χ2n) is 9.00. The Kier molecular flexibility index (Phi) is 4.93. The standard InChI is InChI=1S/C23H27ClN4O2/c1-15-18(7-6-8-19(15)24)23(13-28(14-23)21(29)30-22(2,3)4)26-17-10-9-16-12-25-27(5)20(16)11-17/h6-12,26H,13-14H2,1-5H3. The Balaban J connectivity index is 1.67. The van der Waals surface area contributed by atoms with Gasteiger partial charge in [0.1, 0.15) is 5.60 Å². The molecule has 30 heavy (non-hydrogen) atoms. The Morgan fingerprint density at radius 1 is 1.23 bits per heavy atom. The number of hydrogen-bond donors (Lipinski definition) is 1. The molecule has 1 N–H and O–H groups in total. The van der Waals surface area contributed by atoms with Crippen molar-refractivity contribution in [2.75, 3.05) is 18.4 Å². The Labute approximate surface area is 181 Å². The smallest absolute Gasteiger partial charge is 0.410 e. The van der Waals surface area contributed by atoms with E-state index in [1.807, 2.05) is 69.9 Å². The topological polar surface area (TPSA) is 59.4 Å². The van der Waals surface area contributed by atoms with Crippen molar-refractivity contribution < 1.29 is 9.53 Å². The SMILES string of the molecule is Cc1c(Cl)cccc1C1(Nc2ccc3cnn(C)c3c2)CN(C(=O)OC(C)(C)C)C1. The summed E-state index contributed by atoms with van der Waals surface area (Å²) < 4.78 is 7.41. The molecule has 6 nitrogen and oxygen atoms in total. The lowest BCUT2D eigenvalue weighted by molar-refractivity contribution is -0.00490. The molecular formula is C23H27ClN4O2. The summed E-state index contributed by atoms with van der Waals surface area (Å²) in [7, 11) is 1.93. The molecule has 3 aromatic rings. The lowest BCUT2D eigenvalue weighted by Crippen LogP contribution is -2.65. The van der Waals surface area contributed by atoms with Gasteiger partial charge in [0.15, 0.2) is 0 Å². The molecular weight excluding hydrogens is 400 g/mol. The first-order chi connectivity index (χ1) is 14.1. The van der Waals surface area contributed by atoms with Crippen LogP contribution in [0.5, 0.6) is 0 Å². The van der Waals surface area contributed by atoms with Gasteiger partial charge in [0.05, 0.1) is 30.3 Å². The summed E-state index contributed by atoms with van der Waals surface area (Å²) in [5.74, 6) is 0. The zero-order valence-corrected chi connectivity index (χ0v) is 18.7. The second-order valence-corrected chi connectivity index (χ2v) is 9.40. The molecule has 0 saturated carbocycles. The highest BCUT2D eigenvalue weighted by atomic mass is 35.5. The molecule has 0 radical (unpaired) electrons. The maximum absolute atomic E-state index is 12.6. The van der Waals surface area contributed by atoms with Crippen LogP contribution in [0.1, 0.15) is 31.9 Å². The Morgan fingerprint density at radius 2 is 1.97 bits per heavy atom. The van der Waals surface area contributed by atoms with Gasteiger partial charge in [0, 0.05) is 23.1 Å². The van der Waals surface area contributed by atoms with Gasteiger partial charge in [0.2, 0.25) is 0 Å². The van der Waals surface area contributed by atoms with Gasteiger partial charge >= 0.3 is 6.09 Å². The molecule has 4 rings (SSSR count). The van der Waals surface area contributed by atoms with Gasteiger partial charge in [0.25, 0.3) is 0 Å². The maximum Gasteiger partial charge on any atom is 0.410 e. The molecule has 1 aliphatic heterocycles. The minimum Gasteiger partial charge on any atom is -0.444 e. The van der Waals surface area contributed by atoms with Crippen LogP contribution in [0, 0.1) is 6.92 Å². The highest BCUT2D eigenvalue weighted by Gasteiger charge is 2.48. The first kappa shape index (κ1) is 20.5. The minimum absolute atomic E-state index is 0.304. The third-order valence-corrected chi connectivity index (χ3v) is 5.90. The van der Waals surface area contributed by atoms with E-state index in [-0.39, 0.29) is 6.09 Å². The molecule has 0 unspecified atom stereocenters. The summed E-state index contributed by atoms with van der Waals surface area (Å²) >= 11 is 6.43. The van der Waals surface area contributed by atoms with Crippen molar-refractivity contribution in [2.45, 2.75) is 38.8 Å². The molecule has 0 aliphatic carbocycles. The molecule has 1 aliphatic rings. The van der Waals surface area contributed by atoms with Crippen LogP contribution in [0.25, 0.3) is 10.9 Å². The van der Waals surface area contributed by atoms with Crippen molar-refractivity contribution >= 4 is 34.3 Å². The minimum atomic E-state index is -0.528. The van der Waals surface area contributed by atoms with E-state index in [4.69, 9.17) is 16.3 Å². The number of carbonyl (C=O) groups is 1. The number of carbonyl (C=O) groups excluding carboxylic acids is 1. The lowest BCUT2D eigenvalue weighted by Gasteiger charge is -2.51. The number of aromatic nitrogens is 2. The van der Waals surface area contributed by atoms with Gasteiger partial charge in [-0.2, -0.15) is 5.10 Å². The molecule has 1 fully saturated rings. The van der Waals surface area contributed by atoms with Gasteiger partial charge in [-0.3, -0.25) is 4.68 Å². The number of nitrogens with one attached hydrogen (secondary N) is 1. The third-order valence-electron chi connectivity index (χ3n) is 5.49. The number of rotatable bonds is 3. The van der Waals surface area contributed by atoms with Crippen LogP contribution in [0.4, 0.5) is 10.5 Å². The van der Waals surface area contributed by atoms with E-state index >= 15 is 0 Å². The number of likely N-dealkylation sites (tertiary alicyclic amines) is 1. The van der Waals surface area contributed by atoms with E-state index in [1.54, 1.807) is 4.90 Å². The Morgan fingerprint density at radius 3 is 2.67 bits per heavy atom. The maximum atomic E-state index is 12.6. The number of benzene rings is 2. The Bertz CT molecular complexity index is 1110. The summed E-state index contributed by atoms with van der Waals surface area (Å²) in [5, 5.41) is 9.80. The number of aryl methyl sites for hydroxylation is 1. The van der Waals surface area contributed by atoms with Gasteiger partial charge in [-0.25, -0.2) is 4.79 Å². The molecule has 0 atom stereocenters. The molecule has 0 bridgehead atoms. The van der Waals surface area contributed by atoms with E-state index in [0.29, 0.717) is 18.1 Å². The van der Waals surface area contributed by atoms with Crippen molar-refractivity contribution in [3.63, 3.8) is 0 Å². The van der Waals surface area contributed by atoms with Crippen LogP contribution in [-0.4, -0.2) is 39.5 Å². The predicted octanol–water partition coefficient (Wildman–Crippen LogP) is 5.09. The summed E-state index contributed by atoms with van der Waals surface area (Å²) in [5.41, 5.74) is 3.13. The Hall–Kier alpha value is -2.73. The van der Waals surface area contributed by atoms with Crippen molar-refractivity contribution in [2.24, 2.45) is 7.05 Å². The summed E-state index contributed by atoms with van der Waals surface area (Å²) in [6.07, 6.45) is 1.55. The molecule has 1 saturated heterocycles. The largest absolute Gasteiger partial charge is 0.444 e. The van der Waals surface area contributed by atoms with Crippen molar-refractivity contribution in [1.82, 2.24) is 14.7 Å². The average Bonchev–Trinajstić information content (AvgIpc) is 2.99. The van der Waals surface area contributed by atoms with Crippen LogP contribution < -0.4 is 5.32 Å². The summed E-state index contributed by atoms with van der Waals surface area (Å²) in [4.78, 5) is 14.3. The molecule has 0 spiro atoms. The van der Waals surface area contributed by atoms with E-state index in [9.17, 15) is 4.79 Å². The van der Waals surface area contributed by atoms with Crippen LogP contribution in [-0.2, 0) is 17.3 Å². The lowest BCUT2D eigenvalue weighted by atomic mass is 9.80. The van der Waals surface area contributed by atoms with Crippen LogP contribution in [0.3, 0.4) is 0 Å². The zero-order valence-electron chi connectivity index (χ0n) is 18.0. The van der Waals surface area contributed by atoms with E-state index in [2.05, 4.69) is 22.5 Å². The van der Waals surface area contributed by atoms with E-state index in [0.717, 1.165) is 27.7 Å². The van der Waals surface area contributed by atoms with Crippen molar-refractivity contribution in [1.29, 1.82) is 0 Å². The van der Waals surface area contributed by atoms with Crippen LogP contribution in [0.2, 0.25) is 5.02 Å². The number of hydrogen-bond acceptors (Lipinski definition) is 4. The highest BCUT2D eigenvalue weighted by molar-refractivity contribution is 6.31. The van der Waals surface area contributed by atoms with Crippen molar-refractivity contribution in [3.05, 3.63) is 58.7 Å². The van der Waals surface area contributed by atoms with Gasteiger partial charge in [-0.15, -0.1) is 0 Å². The van der Waals surface area contributed by atoms with E-state index < -0.39 is 11.1 Å². The number of ether oxygens (including phenoxy) is 1. The van der Waals surface area contributed by atoms with Crippen LogP contribution >= 0.6 is 11.6 Å². The summed E-state index contributed by atoms with van der Waals surface area (Å²) in [6, 6.07) is 12.1. The number of fused-ring (bicyclic) bond motifs is 1. The fourth-order valence-corrected chi connectivity index (χ4v) is 4.18. The quantitative estimate of drug-likeness (QED) is 0.633. The molecule has 7 heteroatoms. The fourth-order valence-electron chi connectivity index (χ4n) is 4.00. The third kappa shape index (κ3) is 3.72. The number of nitrogens with zero attached hydrogens (tertiary/aromatic N) is 3. The summed E-state index contributed by atoms with van der Waals surface area (Å²) in [6.45, 7) is 8.63. The first-order valence-electron chi connectivity index (χ1n) is 10.0. The highest BCUT2D eigenvalue weighted by Crippen LogP contribution is 2.40. The van der Waals surface area contributed by atoms with Gasteiger partial charge in [-0.05, 0) is 63.1 Å². The fraction of sp³-hybridized carbons (Fsp3) is 0.391. The second kappa shape index (κ2) is 7.20. The molecule has 1 amide bonds. The van der Waals surface area contributed by atoms with Gasteiger partial charge in [-0.1, -0.05) is 23.7 Å².